The van der Waals surface area contributed by atoms with E-state index in [1.54, 1.807) is 0 Å². The summed E-state index contributed by atoms with van der Waals surface area (Å²) in [7, 11) is 0. The molecule has 1 aliphatic rings. The first-order chi connectivity index (χ1) is 7.44. The molecule has 0 atom stereocenters. The Bertz CT molecular complexity index is 358. The van der Waals surface area contributed by atoms with Gasteiger partial charge in [0, 0.05) is 23.9 Å². The van der Waals surface area contributed by atoms with Crippen molar-refractivity contribution < 1.29 is 0 Å². The second-order valence-electron chi connectivity index (χ2n) is 6.01. The summed E-state index contributed by atoms with van der Waals surface area (Å²) in [6.45, 7) is 9.95. The van der Waals surface area contributed by atoms with Crippen LogP contribution in [0.15, 0.2) is 0 Å². The highest BCUT2D eigenvalue weighted by Crippen LogP contribution is 2.27. The van der Waals surface area contributed by atoms with Crippen LogP contribution in [0, 0.1) is 12.3 Å². The first-order valence-electron chi connectivity index (χ1n) is 6.12. The van der Waals surface area contributed by atoms with Gasteiger partial charge in [0.25, 0.3) is 0 Å². The lowest BCUT2D eigenvalue weighted by molar-refractivity contribution is 0.410. The molecule has 0 unspecified atom stereocenters. The quantitative estimate of drug-likeness (QED) is 0.870. The maximum atomic E-state index is 4.67. The van der Waals surface area contributed by atoms with E-state index in [1.807, 2.05) is 11.3 Å². The molecule has 0 radical (unpaired) electrons. The molecule has 0 aromatic carbocycles. The summed E-state index contributed by atoms with van der Waals surface area (Å²) < 4.78 is 0. The Balaban J connectivity index is 1.96. The van der Waals surface area contributed by atoms with Crippen LogP contribution in [0.2, 0.25) is 0 Å². The number of hydrogen-bond donors (Lipinski definition) is 1. The summed E-state index contributed by atoms with van der Waals surface area (Å²) in [5.74, 6) is 0. The highest BCUT2D eigenvalue weighted by molar-refractivity contribution is 7.11. The first kappa shape index (κ1) is 12.1. The van der Waals surface area contributed by atoms with Gasteiger partial charge in [-0.3, -0.25) is 0 Å². The minimum absolute atomic E-state index is 0.339. The third-order valence-electron chi connectivity index (χ3n) is 2.75. The number of hydrogen-bond acceptors (Lipinski definition) is 3. The Morgan fingerprint density at radius 1 is 1.38 bits per heavy atom. The van der Waals surface area contributed by atoms with E-state index in [0.29, 0.717) is 5.41 Å². The minimum Gasteiger partial charge on any atom is -0.309 e. The maximum absolute atomic E-state index is 4.67. The summed E-state index contributed by atoms with van der Waals surface area (Å²) in [5.41, 5.74) is 1.56. The number of nitrogens with zero attached hydrogens (tertiary/aromatic N) is 1. The van der Waals surface area contributed by atoms with Crippen LogP contribution in [0.1, 0.15) is 49.2 Å². The van der Waals surface area contributed by atoms with Gasteiger partial charge in [0.2, 0.25) is 0 Å². The van der Waals surface area contributed by atoms with Crippen LogP contribution < -0.4 is 5.32 Å². The summed E-state index contributed by atoms with van der Waals surface area (Å²) >= 11 is 1.88. The monoisotopic (exact) mass is 238 g/mol. The second kappa shape index (κ2) is 4.46. The SMILES string of the molecule is Cc1nc(CC(C)(C)C)sc1CNC1CC1. The van der Waals surface area contributed by atoms with Crippen molar-refractivity contribution in [2.24, 2.45) is 5.41 Å². The summed E-state index contributed by atoms with van der Waals surface area (Å²) in [4.78, 5) is 6.10. The van der Waals surface area contributed by atoms with E-state index < -0.39 is 0 Å². The summed E-state index contributed by atoms with van der Waals surface area (Å²) in [5, 5.41) is 4.85. The molecule has 1 N–H and O–H groups in total. The molecule has 1 aromatic rings. The third kappa shape index (κ3) is 3.56. The van der Waals surface area contributed by atoms with Crippen molar-refractivity contribution in [3.63, 3.8) is 0 Å². The van der Waals surface area contributed by atoms with Gasteiger partial charge in [-0.2, -0.15) is 0 Å². The smallest absolute Gasteiger partial charge is 0.0936 e. The zero-order chi connectivity index (χ0) is 11.8. The van der Waals surface area contributed by atoms with Crippen LogP contribution in [0.25, 0.3) is 0 Å². The van der Waals surface area contributed by atoms with Crippen molar-refractivity contribution in [3.8, 4) is 0 Å². The minimum atomic E-state index is 0.339. The standard InChI is InChI=1S/C13H22N2S/c1-9-11(8-14-10-5-6-10)16-12(15-9)7-13(2,3)4/h10,14H,5-8H2,1-4H3. The molecule has 1 fully saturated rings. The number of aromatic nitrogens is 1. The van der Waals surface area contributed by atoms with Gasteiger partial charge in [0.1, 0.15) is 0 Å². The largest absolute Gasteiger partial charge is 0.309 e. The predicted octanol–water partition coefficient (Wildman–Crippen LogP) is 3.29. The fraction of sp³-hybridized carbons (Fsp3) is 0.769. The zero-order valence-electron chi connectivity index (χ0n) is 10.8. The Morgan fingerprint density at radius 3 is 2.62 bits per heavy atom. The summed E-state index contributed by atoms with van der Waals surface area (Å²) in [6.07, 6.45) is 3.79. The van der Waals surface area contributed by atoms with E-state index in [-0.39, 0.29) is 0 Å². The average molecular weight is 238 g/mol. The Morgan fingerprint density at radius 2 is 2.06 bits per heavy atom. The van der Waals surface area contributed by atoms with E-state index in [2.05, 4.69) is 38.0 Å². The van der Waals surface area contributed by atoms with Gasteiger partial charge in [-0.15, -0.1) is 11.3 Å². The molecule has 1 aromatic heterocycles. The molecular weight excluding hydrogens is 216 g/mol. The number of nitrogens with one attached hydrogen (secondary N) is 1. The molecule has 90 valence electrons. The normalized spacial score (nSPS) is 16.8. The first-order valence-corrected chi connectivity index (χ1v) is 6.94. The lowest BCUT2D eigenvalue weighted by Crippen LogP contribution is -2.14. The average Bonchev–Trinajstić information content (AvgIpc) is 2.87. The van der Waals surface area contributed by atoms with Crippen molar-refractivity contribution in [3.05, 3.63) is 15.6 Å². The van der Waals surface area contributed by atoms with Gasteiger partial charge in [-0.25, -0.2) is 4.98 Å². The van der Waals surface area contributed by atoms with Crippen molar-refractivity contribution in [1.29, 1.82) is 0 Å². The van der Waals surface area contributed by atoms with Gasteiger partial charge in [-0.1, -0.05) is 20.8 Å². The number of aryl methyl sites for hydroxylation is 1. The molecule has 0 aliphatic heterocycles. The van der Waals surface area contributed by atoms with Crippen LogP contribution in [0.3, 0.4) is 0 Å². The molecule has 0 spiro atoms. The molecule has 0 bridgehead atoms. The van der Waals surface area contributed by atoms with Crippen LogP contribution in [-0.2, 0) is 13.0 Å². The van der Waals surface area contributed by atoms with Gasteiger partial charge in [0.15, 0.2) is 0 Å². The summed E-state index contributed by atoms with van der Waals surface area (Å²) in [6, 6.07) is 0.785. The molecule has 2 nitrogen and oxygen atoms in total. The molecule has 1 saturated carbocycles. The number of thiazole rings is 1. The molecular formula is C13H22N2S. The van der Waals surface area contributed by atoms with E-state index >= 15 is 0 Å². The fourth-order valence-electron chi connectivity index (χ4n) is 1.71. The van der Waals surface area contributed by atoms with E-state index in [4.69, 9.17) is 0 Å². The molecule has 16 heavy (non-hydrogen) atoms. The van der Waals surface area contributed by atoms with Crippen molar-refractivity contribution in [1.82, 2.24) is 10.3 Å². The van der Waals surface area contributed by atoms with Crippen LogP contribution >= 0.6 is 11.3 Å². The van der Waals surface area contributed by atoms with E-state index in [1.165, 1.54) is 28.4 Å². The van der Waals surface area contributed by atoms with Crippen LogP contribution in [0.5, 0.6) is 0 Å². The Kier molecular flexibility index (Phi) is 3.36. The van der Waals surface area contributed by atoms with Crippen molar-refractivity contribution in [2.75, 3.05) is 0 Å². The third-order valence-corrected chi connectivity index (χ3v) is 3.90. The lowest BCUT2D eigenvalue weighted by atomic mass is 9.93. The van der Waals surface area contributed by atoms with E-state index in [9.17, 15) is 0 Å². The second-order valence-corrected chi connectivity index (χ2v) is 7.18. The van der Waals surface area contributed by atoms with Gasteiger partial charge in [-0.05, 0) is 25.2 Å². The van der Waals surface area contributed by atoms with Gasteiger partial charge < -0.3 is 5.32 Å². The molecule has 1 aliphatic carbocycles. The topological polar surface area (TPSA) is 24.9 Å². The molecule has 3 heteroatoms. The Labute approximate surface area is 102 Å². The molecule has 0 amide bonds. The fourth-order valence-corrected chi connectivity index (χ4v) is 3.03. The number of rotatable bonds is 4. The highest BCUT2D eigenvalue weighted by Gasteiger charge is 2.21. The zero-order valence-corrected chi connectivity index (χ0v) is 11.6. The Hall–Kier alpha value is -0.410. The van der Waals surface area contributed by atoms with Crippen molar-refractivity contribution >= 4 is 11.3 Å². The van der Waals surface area contributed by atoms with Crippen LogP contribution in [0.4, 0.5) is 0 Å². The molecule has 2 rings (SSSR count). The molecule has 1 heterocycles. The predicted molar refractivity (Wildman–Crippen MR) is 69.9 cm³/mol. The maximum Gasteiger partial charge on any atom is 0.0936 e. The van der Waals surface area contributed by atoms with E-state index in [0.717, 1.165) is 19.0 Å². The van der Waals surface area contributed by atoms with Crippen LogP contribution in [-0.4, -0.2) is 11.0 Å². The van der Waals surface area contributed by atoms with Gasteiger partial charge >= 0.3 is 0 Å². The van der Waals surface area contributed by atoms with Gasteiger partial charge in [0.05, 0.1) is 10.7 Å². The molecule has 0 saturated heterocycles. The van der Waals surface area contributed by atoms with Crippen molar-refractivity contribution in [2.45, 2.75) is 59.5 Å². The highest BCUT2D eigenvalue weighted by atomic mass is 32.1. The lowest BCUT2D eigenvalue weighted by Gasteiger charge is -2.15.